The molecule has 6 heteroatoms. The molecule has 3 N–H and O–H groups in total. The Labute approximate surface area is 130 Å². The highest BCUT2D eigenvalue weighted by molar-refractivity contribution is 5.97. The van der Waals surface area contributed by atoms with Gasteiger partial charge in [-0.2, -0.15) is 5.26 Å². The summed E-state index contributed by atoms with van der Waals surface area (Å²) in [5, 5.41) is 29.9. The highest BCUT2D eigenvalue weighted by Gasteiger charge is 2.17. The monoisotopic (exact) mass is 303 g/mol. The zero-order valence-corrected chi connectivity index (χ0v) is 12.8. The number of nitrogens with one attached hydrogen (secondary N) is 1. The van der Waals surface area contributed by atoms with Crippen molar-refractivity contribution in [3.63, 3.8) is 0 Å². The molecule has 0 unspecified atom stereocenters. The van der Waals surface area contributed by atoms with Crippen LogP contribution in [0.5, 0.6) is 0 Å². The number of anilines is 1. The van der Waals surface area contributed by atoms with E-state index in [1.165, 1.54) is 11.1 Å². The van der Waals surface area contributed by atoms with E-state index in [2.05, 4.69) is 5.32 Å². The molecule has 0 fully saturated rings. The predicted molar refractivity (Wildman–Crippen MR) is 84.0 cm³/mol. The second kappa shape index (κ2) is 8.82. The van der Waals surface area contributed by atoms with Crippen molar-refractivity contribution in [1.29, 1.82) is 5.26 Å². The molecule has 1 aromatic rings. The Morgan fingerprint density at radius 2 is 1.91 bits per heavy atom. The minimum Gasteiger partial charge on any atom is -0.395 e. The molecular formula is C16H21N3O3. The van der Waals surface area contributed by atoms with Crippen molar-refractivity contribution in [2.24, 2.45) is 0 Å². The van der Waals surface area contributed by atoms with E-state index < -0.39 is 5.91 Å². The van der Waals surface area contributed by atoms with Crippen LogP contribution in [0.15, 0.2) is 30.0 Å². The van der Waals surface area contributed by atoms with E-state index >= 15 is 0 Å². The molecule has 0 saturated heterocycles. The normalized spacial score (nSPS) is 11.0. The molecule has 118 valence electrons. The van der Waals surface area contributed by atoms with Gasteiger partial charge in [0.2, 0.25) is 0 Å². The maximum atomic E-state index is 12.2. The fourth-order valence-corrected chi connectivity index (χ4v) is 1.86. The van der Waals surface area contributed by atoms with Crippen LogP contribution in [0.25, 0.3) is 0 Å². The quantitative estimate of drug-likeness (QED) is 0.514. The number of carbonyl (C=O) groups is 1. The number of aryl methyl sites for hydroxylation is 2. The molecule has 0 saturated carbocycles. The van der Waals surface area contributed by atoms with Gasteiger partial charge in [0.25, 0.3) is 5.91 Å². The van der Waals surface area contributed by atoms with E-state index in [4.69, 9.17) is 15.5 Å². The van der Waals surface area contributed by atoms with Crippen molar-refractivity contribution >= 4 is 11.6 Å². The summed E-state index contributed by atoms with van der Waals surface area (Å²) in [6.45, 7) is 3.67. The van der Waals surface area contributed by atoms with Gasteiger partial charge in [0.15, 0.2) is 0 Å². The van der Waals surface area contributed by atoms with Crippen molar-refractivity contribution < 1.29 is 15.0 Å². The summed E-state index contributed by atoms with van der Waals surface area (Å²) < 4.78 is 0. The number of benzene rings is 1. The van der Waals surface area contributed by atoms with Crippen LogP contribution in [0.4, 0.5) is 5.69 Å². The van der Waals surface area contributed by atoms with E-state index in [0.717, 1.165) is 16.8 Å². The number of nitriles is 1. The van der Waals surface area contributed by atoms with Crippen LogP contribution < -0.4 is 5.32 Å². The smallest absolute Gasteiger partial charge is 0.266 e. The molecule has 0 bridgehead atoms. The molecule has 6 nitrogen and oxygen atoms in total. The number of rotatable bonds is 7. The van der Waals surface area contributed by atoms with Gasteiger partial charge in [0.1, 0.15) is 11.6 Å². The van der Waals surface area contributed by atoms with Crippen LogP contribution in [0.2, 0.25) is 0 Å². The Bertz CT molecular complexity index is 585. The Kier molecular flexibility index (Phi) is 7.09. The maximum Gasteiger partial charge on any atom is 0.266 e. The molecular weight excluding hydrogens is 282 g/mol. The van der Waals surface area contributed by atoms with Gasteiger partial charge in [-0.05, 0) is 37.1 Å². The van der Waals surface area contributed by atoms with Crippen LogP contribution in [0, 0.1) is 25.2 Å². The molecule has 0 aliphatic heterocycles. The minimum absolute atomic E-state index is 0.0715. The van der Waals surface area contributed by atoms with Gasteiger partial charge in [0.05, 0.1) is 13.2 Å². The van der Waals surface area contributed by atoms with Crippen molar-refractivity contribution in [1.82, 2.24) is 4.90 Å². The molecule has 0 aliphatic rings. The maximum absolute atomic E-state index is 12.2. The third-order valence-electron chi connectivity index (χ3n) is 3.27. The first-order valence-corrected chi connectivity index (χ1v) is 6.98. The van der Waals surface area contributed by atoms with Gasteiger partial charge in [-0.25, -0.2) is 0 Å². The fourth-order valence-electron chi connectivity index (χ4n) is 1.86. The molecule has 1 rings (SSSR count). The van der Waals surface area contributed by atoms with E-state index in [1.807, 2.05) is 38.1 Å². The minimum atomic E-state index is -0.526. The lowest BCUT2D eigenvalue weighted by Crippen LogP contribution is -2.36. The van der Waals surface area contributed by atoms with Gasteiger partial charge in [-0.1, -0.05) is 6.07 Å². The summed E-state index contributed by atoms with van der Waals surface area (Å²) in [7, 11) is 0. The molecule has 1 amide bonds. The summed E-state index contributed by atoms with van der Waals surface area (Å²) >= 11 is 0. The Morgan fingerprint density at radius 1 is 1.27 bits per heavy atom. The zero-order chi connectivity index (χ0) is 16.5. The number of aliphatic hydroxyl groups excluding tert-OH is 2. The number of carbonyl (C=O) groups excluding carboxylic acids is 1. The number of hydrogen-bond donors (Lipinski definition) is 3. The lowest BCUT2D eigenvalue weighted by molar-refractivity contribution is -0.127. The Hall–Kier alpha value is -2.36. The van der Waals surface area contributed by atoms with Crippen molar-refractivity contribution in [3.8, 4) is 6.07 Å². The average Bonchev–Trinajstić information content (AvgIpc) is 2.51. The Morgan fingerprint density at radius 3 is 2.41 bits per heavy atom. The van der Waals surface area contributed by atoms with E-state index in [9.17, 15) is 4.79 Å². The highest BCUT2D eigenvalue weighted by Crippen LogP contribution is 2.14. The molecule has 22 heavy (non-hydrogen) atoms. The second-order valence-electron chi connectivity index (χ2n) is 4.85. The van der Waals surface area contributed by atoms with Crippen molar-refractivity contribution in [2.45, 2.75) is 13.8 Å². The van der Waals surface area contributed by atoms with Crippen molar-refractivity contribution in [2.75, 3.05) is 31.6 Å². The van der Waals surface area contributed by atoms with Gasteiger partial charge in [0, 0.05) is 25.0 Å². The van der Waals surface area contributed by atoms with Gasteiger partial charge >= 0.3 is 0 Å². The third-order valence-corrected chi connectivity index (χ3v) is 3.27. The first kappa shape index (κ1) is 17.7. The lowest BCUT2D eigenvalue weighted by atomic mass is 10.1. The summed E-state index contributed by atoms with van der Waals surface area (Å²) in [6.07, 6.45) is 1.34. The molecule has 0 radical (unpaired) electrons. The van der Waals surface area contributed by atoms with Crippen LogP contribution in [0.1, 0.15) is 11.1 Å². The standard InChI is InChI=1S/C16H21N3O3/c1-12-3-4-15(9-13(12)2)18-11-14(10-17)16(22)19(5-7-20)6-8-21/h3-4,9,11,18,20-21H,5-8H2,1-2H3/b14-11-. The lowest BCUT2D eigenvalue weighted by Gasteiger charge is -2.20. The molecule has 0 aromatic heterocycles. The third kappa shape index (κ3) is 4.88. The topological polar surface area (TPSA) is 96.6 Å². The Balaban J connectivity index is 2.87. The molecule has 1 aromatic carbocycles. The van der Waals surface area contributed by atoms with Crippen LogP contribution in [0.3, 0.4) is 0 Å². The summed E-state index contributed by atoms with van der Waals surface area (Å²) in [6, 6.07) is 7.57. The van der Waals surface area contributed by atoms with Crippen molar-refractivity contribution in [3.05, 3.63) is 41.1 Å². The predicted octanol–water partition coefficient (Wildman–Crippen LogP) is 0.936. The van der Waals surface area contributed by atoms with E-state index in [1.54, 1.807) is 0 Å². The molecule has 0 atom stereocenters. The van der Waals surface area contributed by atoms with Gasteiger partial charge in [-0.3, -0.25) is 4.79 Å². The summed E-state index contributed by atoms with van der Waals surface area (Å²) in [4.78, 5) is 13.4. The summed E-state index contributed by atoms with van der Waals surface area (Å²) in [5.41, 5.74) is 2.95. The molecule has 0 spiro atoms. The fraction of sp³-hybridized carbons (Fsp3) is 0.375. The number of nitrogens with zero attached hydrogens (tertiary/aromatic N) is 2. The van der Waals surface area contributed by atoms with Gasteiger partial charge < -0.3 is 20.4 Å². The molecule has 0 heterocycles. The van der Waals surface area contributed by atoms with Gasteiger partial charge in [-0.15, -0.1) is 0 Å². The average molecular weight is 303 g/mol. The SMILES string of the molecule is Cc1ccc(N/C=C(/C#N)C(=O)N(CCO)CCO)cc1C. The highest BCUT2D eigenvalue weighted by atomic mass is 16.3. The number of hydrogen-bond acceptors (Lipinski definition) is 5. The number of amides is 1. The second-order valence-corrected chi connectivity index (χ2v) is 4.85. The largest absolute Gasteiger partial charge is 0.395 e. The van der Waals surface area contributed by atoms with E-state index in [-0.39, 0.29) is 31.9 Å². The van der Waals surface area contributed by atoms with Crippen LogP contribution in [-0.4, -0.2) is 47.3 Å². The van der Waals surface area contributed by atoms with Crippen LogP contribution >= 0.6 is 0 Å². The summed E-state index contributed by atoms with van der Waals surface area (Å²) in [5.74, 6) is -0.526. The first-order chi connectivity index (χ1) is 10.5. The number of aliphatic hydroxyl groups is 2. The van der Waals surface area contributed by atoms with Crippen LogP contribution in [-0.2, 0) is 4.79 Å². The first-order valence-electron chi connectivity index (χ1n) is 6.98. The van der Waals surface area contributed by atoms with E-state index in [0.29, 0.717) is 0 Å². The zero-order valence-electron chi connectivity index (χ0n) is 12.8. The molecule has 0 aliphatic carbocycles.